The summed E-state index contributed by atoms with van der Waals surface area (Å²) < 4.78 is 1.14. The molecule has 6 heteroatoms. The van der Waals surface area contributed by atoms with E-state index >= 15 is 0 Å². The van der Waals surface area contributed by atoms with Crippen LogP contribution < -0.4 is 5.73 Å². The van der Waals surface area contributed by atoms with E-state index in [1.54, 1.807) is 11.3 Å². The number of benzene rings is 2. The monoisotopic (exact) mass is 416 g/mol. The molecule has 1 aromatic heterocycles. The van der Waals surface area contributed by atoms with Crippen molar-refractivity contribution >= 4 is 64.0 Å². The van der Waals surface area contributed by atoms with E-state index in [2.05, 4.69) is 17.1 Å². The predicted octanol–water partition coefficient (Wildman–Crippen LogP) is 4.54. The van der Waals surface area contributed by atoms with Crippen molar-refractivity contribution in [3.8, 4) is 10.6 Å². The van der Waals surface area contributed by atoms with Crippen molar-refractivity contribution in [2.24, 2.45) is 0 Å². The molecule has 96 valence electrons. The van der Waals surface area contributed by atoms with Crippen LogP contribution in [0.5, 0.6) is 0 Å². The molecule has 0 unspecified atom stereocenters. The maximum absolute atomic E-state index is 5.75. The number of nitrogens with zero attached hydrogens (tertiary/aromatic N) is 1. The molecule has 0 spiro atoms. The van der Waals surface area contributed by atoms with Gasteiger partial charge in [-0.2, -0.15) is 0 Å². The molecule has 0 saturated heterocycles. The van der Waals surface area contributed by atoms with Gasteiger partial charge in [0, 0.05) is 11.3 Å². The summed E-state index contributed by atoms with van der Waals surface area (Å²) in [5.41, 5.74) is 8.71. The van der Waals surface area contributed by atoms with Crippen LogP contribution in [0.2, 0.25) is 0 Å². The van der Waals surface area contributed by atoms with E-state index in [-0.39, 0.29) is 0 Å². The zero-order valence-electron chi connectivity index (χ0n) is 9.81. The van der Waals surface area contributed by atoms with Crippen molar-refractivity contribution in [2.75, 3.05) is 5.73 Å². The predicted molar refractivity (Wildman–Crippen MR) is 86.9 cm³/mol. The number of anilines is 1. The van der Waals surface area contributed by atoms with Crippen molar-refractivity contribution in [1.82, 2.24) is 4.98 Å². The summed E-state index contributed by atoms with van der Waals surface area (Å²) in [7, 11) is 9.87. The molecule has 2 aromatic carbocycles. The van der Waals surface area contributed by atoms with E-state index in [4.69, 9.17) is 23.6 Å². The maximum atomic E-state index is 5.75. The van der Waals surface area contributed by atoms with Crippen LogP contribution in [0.3, 0.4) is 0 Å². The summed E-state index contributed by atoms with van der Waals surface area (Å²) in [5.74, 6) is 0. The SMILES string of the molecule is Nc1ccc2nc(-c3ccccc3)sc2c1.[Cl][Sn][Cl]. The quantitative estimate of drug-likeness (QED) is 0.468. The second-order valence-corrected chi connectivity index (χ2v) is 8.96. The molecule has 2 N–H and O–H groups in total. The van der Waals surface area contributed by atoms with Gasteiger partial charge in [0.1, 0.15) is 5.01 Å². The number of rotatable bonds is 1. The Labute approximate surface area is 133 Å². The number of fused-ring (bicyclic) bond motifs is 1. The first-order valence-electron chi connectivity index (χ1n) is 5.42. The molecule has 1 heterocycles. The standard InChI is InChI=1S/C13H10N2S.2ClH.Sn/c14-10-6-7-11-12(8-10)16-13(15-11)9-4-2-1-3-5-9;;;/h1-8H,14H2;2*1H;/q;;;+2/p-2. The van der Waals surface area contributed by atoms with Gasteiger partial charge in [0.15, 0.2) is 0 Å². The van der Waals surface area contributed by atoms with Gasteiger partial charge >= 0.3 is 36.7 Å². The van der Waals surface area contributed by atoms with Gasteiger partial charge in [-0.1, -0.05) is 30.3 Å². The molecule has 0 amide bonds. The average molecular weight is 416 g/mol. The minimum absolute atomic E-state index is 0.788. The third-order valence-corrected chi connectivity index (χ3v) is 3.50. The zero-order chi connectivity index (χ0) is 13.7. The van der Waals surface area contributed by atoms with Crippen molar-refractivity contribution < 1.29 is 0 Å². The van der Waals surface area contributed by atoms with Crippen LogP contribution in [-0.4, -0.2) is 23.9 Å². The second-order valence-electron chi connectivity index (χ2n) is 3.68. The molecule has 0 aliphatic rings. The van der Waals surface area contributed by atoms with E-state index < -0.39 is 18.9 Å². The summed E-state index contributed by atoms with van der Waals surface area (Å²) in [6.07, 6.45) is 0. The van der Waals surface area contributed by atoms with Gasteiger partial charge in [0.05, 0.1) is 10.2 Å². The number of halogens is 2. The Morgan fingerprint density at radius 1 is 1.05 bits per heavy atom. The Hall–Kier alpha value is -0.491. The van der Waals surface area contributed by atoms with E-state index in [9.17, 15) is 0 Å². The Kier molecular flexibility index (Phi) is 5.75. The summed E-state index contributed by atoms with van der Waals surface area (Å²) in [6.45, 7) is 0. The molecule has 0 fully saturated rings. The molecule has 0 atom stereocenters. The van der Waals surface area contributed by atoms with Gasteiger partial charge < -0.3 is 5.73 Å². The third-order valence-electron chi connectivity index (χ3n) is 2.43. The first-order chi connectivity index (χ1) is 9.24. The van der Waals surface area contributed by atoms with Crippen molar-refractivity contribution in [1.29, 1.82) is 0 Å². The van der Waals surface area contributed by atoms with Gasteiger partial charge in [-0.3, -0.25) is 0 Å². The number of hydrogen-bond acceptors (Lipinski definition) is 3. The molecule has 0 saturated carbocycles. The molecular weight excluding hydrogens is 406 g/mol. The molecule has 2 nitrogen and oxygen atoms in total. The zero-order valence-corrected chi connectivity index (χ0v) is 15.0. The van der Waals surface area contributed by atoms with E-state index in [0.29, 0.717) is 0 Å². The third kappa shape index (κ3) is 3.98. The number of hydrogen-bond donors (Lipinski definition) is 1. The van der Waals surface area contributed by atoms with E-state index in [0.717, 1.165) is 26.5 Å². The molecule has 19 heavy (non-hydrogen) atoms. The van der Waals surface area contributed by atoms with E-state index in [1.165, 1.54) is 0 Å². The first kappa shape index (κ1) is 14.9. The van der Waals surface area contributed by atoms with Crippen LogP contribution in [-0.2, 0) is 0 Å². The first-order valence-corrected chi connectivity index (χ1v) is 13.5. The molecular formula is C13H10Cl2N2SSn. The number of thiazole rings is 1. The Balaban J connectivity index is 0.000000408. The normalized spacial score (nSPS) is 10.0. The summed E-state index contributed by atoms with van der Waals surface area (Å²) in [6, 6.07) is 16.0. The number of nitrogen functional groups attached to an aromatic ring is 1. The Morgan fingerprint density at radius 2 is 1.74 bits per heavy atom. The van der Waals surface area contributed by atoms with Gasteiger partial charge in [-0.05, 0) is 18.2 Å². The van der Waals surface area contributed by atoms with Crippen molar-refractivity contribution in [2.45, 2.75) is 0 Å². The van der Waals surface area contributed by atoms with Crippen molar-refractivity contribution in [3.63, 3.8) is 0 Å². The van der Waals surface area contributed by atoms with Gasteiger partial charge in [-0.15, -0.1) is 11.3 Å². The fraction of sp³-hybridized carbons (Fsp3) is 0. The summed E-state index contributed by atoms with van der Waals surface area (Å²) in [5, 5.41) is 1.04. The van der Waals surface area contributed by atoms with Crippen LogP contribution in [0.4, 0.5) is 5.69 Å². The van der Waals surface area contributed by atoms with Gasteiger partial charge in [0.2, 0.25) is 0 Å². The Morgan fingerprint density at radius 3 is 2.42 bits per heavy atom. The average Bonchev–Trinajstić information content (AvgIpc) is 2.83. The molecule has 3 rings (SSSR count). The number of aromatic nitrogens is 1. The van der Waals surface area contributed by atoms with Crippen LogP contribution >= 0.6 is 29.2 Å². The topological polar surface area (TPSA) is 38.9 Å². The summed E-state index contributed by atoms with van der Waals surface area (Å²) >= 11 is 0.848. The molecule has 3 aromatic rings. The second kappa shape index (κ2) is 7.33. The van der Waals surface area contributed by atoms with E-state index in [1.807, 2.05) is 36.4 Å². The van der Waals surface area contributed by atoms with Crippen LogP contribution in [0.25, 0.3) is 20.8 Å². The Bertz CT molecular complexity index is 658. The van der Waals surface area contributed by atoms with Crippen molar-refractivity contribution in [3.05, 3.63) is 48.5 Å². The van der Waals surface area contributed by atoms with Crippen LogP contribution in [0.15, 0.2) is 48.5 Å². The fourth-order valence-corrected chi connectivity index (χ4v) is 2.66. The van der Waals surface area contributed by atoms with Gasteiger partial charge in [0.25, 0.3) is 0 Å². The number of nitrogens with two attached hydrogens (primary N) is 1. The molecule has 2 radical (unpaired) electrons. The molecule has 0 aliphatic heterocycles. The minimum atomic E-state index is -0.826. The van der Waals surface area contributed by atoms with Crippen LogP contribution in [0, 0.1) is 0 Å². The molecule has 0 bridgehead atoms. The summed E-state index contributed by atoms with van der Waals surface area (Å²) in [4.78, 5) is 4.59. The fourth-order valence-electron chi connectivity index (χ4n) is 1.65. The van der Waals surface area contributed by atoms with Crippen LogP contribution in [0.1, 0.15) is 0 Å². The molecule has 0 aliphatic carbocycles. The van der Waals surface area contributed by atoms with Gasteiger partial charge in [-0.25, -0.2) is 4.98 Å².